The second-order valence-corrected chi connectivity index (χ2v) is 6.22. The van der Waals surface area contributed by atoms with Crippen molar-refractivity contribution in [3.05, 3.63) is 73.2 Å². The lowest BCUT2D eigenvalue weighted by Gasteiger charge is -2.01. The van der Waals surface area contributed by atoms with Crippen LogP contribution in [0.2, 0.25) is 15.1 Å². The van der Waals surface area contributed by atoms with E-state index >= 15 is 0 Å². The van der Waals surface area contributed by atoms with Gasteiger partial charge < -0.3 is 4.52 Å². The second kappa shape index (κ2) is 7.34. The monoisotopic (exact) mass is 384 g/mol. The van der Waals surface area contributed by atoms with E-state index in [9.17, 15) is 4.79 Å². The van der Waals surface area contributed by atoms with Crippen LogP contribution in [0.1, 0.15) is 17.3 Å². The number of benzene rings is 1. The number of hydrogen-bond donors (Lipinski definition) is 0. The highest BCUT2D eigenvalue weighted by molar-refractivity contribution is 6.41. The fraction of sp³-hybridized carbons (Fsp3) is 0.200. The van der Waals surface area contributed by atoms with Crippen molar-refractivity contribution in [2.24, 2.45) is 0 Å². The first-order valence-corrected chi connectivity index (χ1v) is 8.13. The van der Waals surface area contributed by atoms with Crippen LogP contribution >= 0.6 is 34.8 Å². The zero-order valence-electron chi connectivity index (χ0n) is 12.2. The molecular weight excluding hydrogens is 375 g/mol. The maximum Gasteiger partial charge on any atom is 0.287 e. The molecule has 1 aromatic carbocycles. The Morgan fingerprint density at radius 1 is 1.08 bits per heavy atom. The average Bonchev–Trinajstić information content (AvgIpc) is 3.02. The van der Waals surface area contributed by atoms with Crippen molar-refractivity contribution in [3.8, 4) is 0 Å². The van der Waals surface area contributed by atoms with Crippen molar-refractivity contribution in [1.82, 2.24) is 19.9 Å². The van der Waals surface area contributed by atoms with Crippen molar-refractivity contribution in [2.75, 3.05) is 0 Å². The van der Waals surface area contributed by atoms with E-state index in [1.807, 2.05) is 24.3 Å². The number of nitrogens with zero attached hydrogens (tertiary/aromatic N) is 4. The molecule has 124 valence electrons. The van der Waals surface area contributed by atoms with Crippen molar-refractivity contribution >= 4 is 34.8 Å². The first-order valence-electron chi connectivity index (χ1n) is 7.00. The normalized spacial score (nSPS) is 11.0. The molecule has 0 amide bonds. The molecule has 6 nitrogen and oxygen atoms in total. The molecule has 0 aliphatic heterocycles. The topological polar surface area (TPSA) is 73.8 Å². The highest BCUT2D eigenvalue weighted by atomic mass is 35.5. The first-order chi connectivity index (χ1) is 11.5. The zero-order valence-corrected chi connectivity index (χ0v) is 14.5. The second-order valence-electron chi connectivity index (χ2n) is 5.00. The van der Waals surface area contributed by atoms with Crippen LogP contribution in [-0.4, -0.2) is 19.9 Å². The zero-order chi connectivity index (χ0) is 17.1. The molecule has 2 aromatic heterocycles. The van der Waals surface area contributed by atoms with E-state index in [0.29, 0.717) is 17.3 Å². The lowest BCUT2D eigenvalue weighted by atomic mass is 10.1. The summed E-state index contributed by atoms with van der Waals surface area (Å²) in [6.07, 6.45) is 2.65. The van der Waals surface area contributed by atoms with E-state index in [2.05, 4.69) is 15.2 Å². The molecule has 0 bridgehead atoms. The molecule has 0 spiro atoms. The Morgan fingerprint density at radius 3 is 2.58 bits per heavy atom. The molecule has 0 saturated heterocycles. The minimum Gasteiger partial charge on any atom is -0.337 e. The molecule has 0 aliphatic rings. The summed E-state index contributed by atoms with van der Waals surface area (Å²) in [5.41, 5.74) is 0.609. The minimum atomic E-state index is -0.509. The fourth-order valence-corrected chi connectivity index (χ4v) is 2.45. The van der Waals surface area contributed by atoms with Crippen LogP contribution in [0, 0.1) is 0 Å². The third kappa shape index (κ3) is 3.95. The summed E-state index contributed by atoms with van der Waals surface area (Å²) in [5, 5.41) is 8.50. The van der Waals surface area contributed by atoms with Gasteiger partial charge in [-0.1, -0.05) is 52.1 Å². The molecule has 3 aromatic rings. The Morgan fingerprint density at radius 2 is 1.83 bits per heavy atom. The summed E-state index contributed by atoms with van der Waals surface area (Å²) >= 11 is 17.4. The maximum atomic E-state index is 11.9. The summed E-state index contributed by atoms with van der Waals surface area (Å²) in [6, 6.07) is 7.56. The third-order valence-corrected chi connectivity index (χ3v) is 4.29. The number of hydrogen-bond acceptors (Lipinski definition) is 5. The quantitative estimate of drug-likeness (QED) is 0.673. The predicted octanol–water partition coefficient (Wildman–Crippen LogP) is 3.42. The third-order valence-electron chi connectivity index (χ3n) is 3.29. The van der Waals surface area contributed by atoms with Crippen LogP contribution < -0.4 is 5.56 Å². The molecule has 0 aliphatic carbocycles. The molecule has 2 heterocycles. The Labute approximate surface area is 152 Å². The molecule has 24 heavy (non-hydrogen) atoms. The lowest BCUT2D eigenvalue weighted by Crippen LogP contribution is -2.23. The van der Waals surface area contributed by atoms with E-state index in [4.69, 9.17) is 39.3 Å². The van der Waals surface area contributed by atoms with Gasteiger partial charge in [-0.25, -0.2) is 4.68 Å². The van der Waals surface area contributed by atoms with Gasteiger partial charge in [0.05, 0.1) is 11.2 Å². The Hall–Kier alpha value is -1.89. The molecule has 0 saturated carbocycles. The molecule has 0 fully saturated rings. The van der Waals surface area contributed by atoms with Gasteiger partial charge in [-0.05, 0) is 24.1 Å². The number of rotatable bonds is 5. The summed E-state index contributed by atoms with van der Waals surface area (Å²) in [6.45, 7) is 0.0314. The van der Waals surface area contributed by atoms with Gasteiger partial charge in [-0.3, -0.25) is 4.79 Å². The summed E-state index contributed by atoms with van der Waals surface area (Å²) in [7, 11) is 0. The Balaban J connectivity index is 1.66. The van der Waals surface area contributed by atoms with Gasteiger partial charge in [0.25, 0.3) is 5.56 Å². The van der Waals surface area contributed by atoms with E-state index in [0.717, 1.165) is 16.7 Å². The van der Waals surface area contributed by atoms with Gasteiger partial charge in [-0.15, -0.1) is 0 Å². The van der Waals surface area contributed by atoms with E-state index in [-0.39, 0.29) is 22.5 Å². The number of halogens is 3. The van der Waals surface area contributed by atoms with Gasteiger partial charge in [0.1, 0.15) is 11.6 Å². The molecule has 0 atom stereocenters. The van der Waals surface area contributed by atoms with Crippen molar-refractivity contribution < 1.29 is 4.52 Å². The Kier molecular flexibility index (Phi) is 5.18. The molecule has 0 radical (unpaired) electrons. The van der Waals surface area contributed by atoms with Crippen LogP contribution in [0.15, 0.2) is 39.8 Å². The van der Waals surface area contributed by atoms with E-state index < -0.39 is 5.56 Å². The smallest absolute Gasteiger partial charge is 0.287 e. The van der Waals surface area contributed by atoms with Crippen LogP contribution in [0.4, 0.5) is 0 Å². The van der Waals surface area contributed by atoms with Gasteiger partial charge >= 0.3 is 0 Å². The predicted molar refractivity (Wildman–Crippen MR) is 90.8 cm³/mol. The molecular formula is C15H11Cl3N4O2. The Bertz CT molecular complexity index is 906. The maximum absolute atomic E-state index is 11.9. The first kappa shape index (κ1) is 17.0. The SMILES string of the molecule is O=c1c(Cl)c(Cl)cnn1Cc1nc(CCc2ccc(Cl)cc2)no1. The van der Waals surface area contributed by atoms with Gasteiger partial charge in [0, 0.05) is 11.4 Å². The van der Waals surface area contributed by atoms with Crippen LogP contribution in [0.3, 0.4) is 0 Å². The highest BCUT2D eigenvalue weighted by Crippen LogP contribution is 2.15. The van der Waals surface area contributed by atoms with E-state index in [1.165, 1.54) is 6.20 Å². The highest BCUT2D eigenvalue weighted by Gasteiger charge is 2.12. The van der Waals surface area contributed by atoms with Crippen molar-refractivity contribution in [1.29, 1.82) is 0 Å². The van der Waals surface area contributed by atoms with Gasteiger partial charge in [-0.2, -0.15) is 10.1 Å². The summed E-state index contributed by atoms with van der Waals surface area (Å²) < 4.78 is 6.26. The summed E-state index contributed by atoms with van der Waals surface area (Å²) in [4.78, 5) is 16.2. The molecule has 9 heteroatoms. The number of aryl methyl sites for hydroxylation is 2. The van der Waals surface area contributed by atoms with E-state index in [1.54, 1.807) is 0 Å². The number of aromatic nitrogens is 4. The van der Waals surface area contributed by atoms with Gasteiger partial charge in [0.15, 0.2) is 5.82 Å². The lowest BCUT2D eigenvalue weighted by molar-refractivity contribution is 0.358. The fourth-order valence-electron chi connectivity index (χ4n) is 2.05. The molecule has 3 rings (SSSR count). The van der Waals surface area contributed by atoms with Crippen molar-refractivity contribution in [2.45, 2.75) is 19.4 Å². The van der Waals surface area contributed by atoms with Crippen LogP contribution in [0.25, 0.3) is 0 Å². The molecule has 0 unspecified atom stereocenters. The standard InChI is InChI=1S/C15H11Cl3N4O2/c16-10-4-1-9(2-5-10)3-6-12-20-13(24-21-12)8-22-15(23)14(18)11(17)7-19-22/h1-2,4-5,7H,3,6,8H2. The van der Waals surface area contributed by atoms with Crippen LogP contribution in [-0.2, 0) is 19.4 Å². The van der Waals surface area contributed by atoms with Crippen molar-refractivity contribution in [3.63, 3.8) is 0 Å². The summed E-state index contributed by atoms with van der Waals surface area (Å²) in [5.74, 6) is 0.821. The minimum absolute atomic E-state index is 0.0314. The van der Waals surface area contributed by atoms with Crippen LogP contribution in [0.5, 0.6) is 0 Å². The average molecular weight is 386 g/mol. The largest absolute Gasteiger partial charge is 0.337 e. The molecule has 0 N–H and O–H groups in total. The van der Waals surface area contributed by atoms with Gasteiger partial charge in [0.2, 0.25) is 5.89 Å².